The Balaban J connectivity index is 2.57. The predicted octanol–water partition coefficient (Wildman–Crippen LogP) is 1.64. The van der Waals surface area contributed by atoms with E-state index in [0.29, 0.717) is 13.2 Å². The van der Waals surface area contributed by atoms with Gasteiger partial charge in [0.1, 0.15) is 5.82 Å². The molecule has 0 spiro atoms. The number of carbonyl (C=O) groups excluding carboxylic acids is 1. The van der Waals surface area contributed by atoms with Crippen LogP contribution in [0.4, 0.5) is 0 Å². The fourth-order valence-corrected chi connectivity index (χ4v) is 1.47. The van der Waals surface area contributed by atoms with Crippen LogP contribution >= 0.6 is 0 Å². The number of imidazole rings is 1. The summed E-state index contributed by atoms with van der Waals surface area (Å²) < 4.78 is 6.95. The Hall–Kier alpha value is -1.32. The van der Waals surface area contributed by atoms with Crippen LogP contribution in [0.2, 0.25) is 0 Å². The van der Waals surface area contributed by atoms with E-state index in [9.17, 15) is 4.79 Å². The molecule has 0 N–H and O–H groups in total. The van der Waals surface area contributed by atoms with Crippen molar-refractivity contribution in [3.8, 4) is 0 Å². The second kappa shape index (κ2) is 5.53. The summed E-state index contributed by atoms with van der Waals surface area (Å²) in [5, 5.41) is 0. The van der Waals surface area contributed by atoms with Gasteiger partial charge in [0, 0.05) is 25.4 Å². The fraction of sp³-hybridized carbons (Fsp3) is 0.636. The third-order valence-electron chi connectivity index (χ3n) is 2.28. The van der Waals surface area contributed by atoms with Crippen molar-refractivity contribution in [3.05, 3.63) is 18.2 Å². The van der Waals surface area contributed by atoms with Crippen molar-refractivity contribution in [3.63, 3.8) is 0 Å². The monoisotopic (exact) mass is 210 g/mol. The van der Waals surface area contributed by atoms with E-state index in [-0.39, 0.29) is 11.9 Å². The highest BCUT2D eigenvalue weighted by Gasteiger charge is 2.15. The number of carbonyl (C=O) groups is 1. The van der Waals surface area contributed by atoms with Gasteiger partial charge in [-0.25, -0.2) is 4.98 Å². The highest BCUT2D eigenvalue weighted by atomic mass is 16.5. The molecule has 0 saturated heterocycles. The average Bonchev–Trinajstić information content (AvgIpc) is 2.65. The highest BCUT2D eigenvalue weighted by molar-refractivity contribution is 5.71. The van der Waals surface area contributed by atoms with Crippen LogP contribution in [0, 0.1) is 5.92 Å². The van der Waals surface area contributed by atoms with Crippen molar-refractivity contribution in [1.82, 2.24) is 9.55 Å². The van der Waals surface area contributed by atoms with Crippen LogP contribution in [0.15, 0.2) is 12.4 Å². The van der Waals surface area contributed by atoms with Gasteiger partial charge < -0.3 is 9.30 Å². The summed E-state index contributed by atoms with van der Waals surface area (Å²) in [6.07, 6.45) is 4.54. The molecule has 0 aliphatic carbocycles. The Kier molecular flexibility index (Phi) is 4.34. The van der Waals surface area contributed by atoms with Crippen LogP contribution < -0.4 is 0 Å². The van der Waals surface area contributed by atoms with Crippen LogP contribution in [0.25, 0.3) is 0 Å². The first-order valence-corrected chi connectivity index (χ1v) is 5.35. The van der Waals surface area contributed by atoms with Crippen molar-refractivity contribution in [2.24, 2.45) is 5.92 Å². The van der Waals surface area contributed by atoms with Gasteiger partial charge in [0.05, 0.1) is 12.5 Å². The van der Waals surface area contributed by atoms with Gasteiger partial charge in [0.15, 0.2) is 0 Å². The molecule has 15 heavy (non-hydrogen) atoms. The minimum absolute atomic E-state index is 0.121. The van der Waals surface area contributed by atoms with E-state index in [1.165, 1.54) is 0 Å². The largest absolute Gasteiger partial charge is 0.466 e. The van der Waals surface area contributed by atoms with Crippen molar-refractivity contribution in [1.29, 1.82) is 0 Å². The summed E-state index contributed by atoms with van der Waals surface area (Å²) in [4.78, 5) is 15.6. The highest BCUT2D eigenvalue weighted by Crippen LogP contribution is 2.06. The number of rotatable bonds is 5. The molecule has 1 atom stereocenters. The van der Waals surface area contributed by atoms with E-state index < -0.39 is 0 Å². The zero-order valence-corrected chi connectivity index (χ0v) is 9.56. The number of aromatic nitrogens is 2. The molecular weight excluding hydrogens is 192 g/mol. The van der Waals surface area contributed by atoms with E-state index in [2.05, 4.69) is 4.98 Å². The van der Waals surface area contributed by atoms with Crippen molar-refractivity contribution >= 4 is 5.97 Å². The normalized spacial score (nSPS) is 12.5. The molecule has 84 valence electrons. The quantitative estimate of drug-likeness (QED) is 0.694. The third-order valence-corrected chi connectivity index (χ3v) is 2.28. The lowest BCUT2D eigenvalue weighted by molar-refractivity contribution is -0.147. The van der Waals surface area contributed by atoms with Gasteiger partial charge >= 0.3 is 5.97 Å². The van der Waals surface area contributed by atoms with E-state index >= 15 is 0 Å². The number of esters is 1. The summed E-state index contributed by atoms with van der Waals surface area (Å²) in [5.41, 5.74) is 0. The van der Waals surface area contributed by atoms with Gasteiger partial charge in [-0.2, -0.15) is 0 Å². The van der Waals surface area contributed by atoms with Gasteiger partial charge in [0.2, 0.25) is 0 Å². The fourth-order valence-electron chi connectivity index (χ4n) is 1.47. The molecular formula is C11H18N2O2. The topological polar surface area (TPSA) is 44.1 Å². The number of aryl methyl sites for hydroxylation is 1. The zero-order chi connectivity index (χ0) is 11.3. The molecule has 0 amide bonds. The SMILES string of the molecule is CCOC(=O)C(C)Cn1ccnc1CC. The van der Waals surface area contributed by atoms with Gasteiger partial charge in [-0.3, -0.25) is 4.79 Å². The van der Waals surface area contributed by atoms with E-state index in [4.69, 9.17) is 4.74 Å². The lowest BCUT2D eigenvalue weighted by Crippen LogP contribution is -2.20. The minimum Gasteiger partial charge on any atom is -0.466 e. The van der Waals surface area contributed by atoms with Crippen molar-refractivity contribution < 1.29 is 9.53 Å². The smallest absolute Gasteiger partial charge is 0.310 e. The van der Waals surface area contributed by atoms with Crippen LogP contribution in [-0.2, 0) is 22.5 Å². The molecule has 0 aromatic carbocycles. The van der Waals surface area contributed by atoms with Gasteiger partial charge in [-0.1, -0.05) is 13.8 Å². The third kappa shape index (κ3) is 3.08. The summed E-state index contributed by atoms with van der Waals surface area (Å²) >= 11 is 0. The molecule has 0 aliphatic rings. The molecule has 0 bridgehead atoms. The minimum atomic E-state index is -0.145. The Bertz CT molecular complexity index is 320. The van der Waals surface area contributed by atoms with Crippen molar-refractivity contribution in [2.45, 2.75) is 33.7 Å². The predicted molar refractivity (Wildman–Crippen MR) is 57.4 cm³/mol. The molecule has 1 aromatic rings. The van der Waals surface area contributed by atoms with Crippen molar-refractivity contribution in [2.75, 3.05) is 6.61 Å². The zero-order valence-electron chi connectivity index (χ0n) is 9.56. The first-order valence-electron chi connectivity index (χ1n) is 5.35. The van der Waals surface area contributed by atoms with E-state index in [1.54, 1.807) is 6.20 Å². The Morgan fingerprint density at radius 2 is 2.33 bits per heavy atom. The lowest BCUT2D eigenvalue weighted by atomic mass is 10.2. The van der Waals surface area contributed by atoms with Crippen LogP contribution in [0.3, 0.4) is 0 Å². The summed E-state index contributed by atoms with van der Waals surface area (Å²) in [5.74, 6) is 0.740. The lowest BCUT2D eigenvalue weighted by Gasteiger charge is -2.12. The number of hydrogen-bond acceptors (Lipinski definition) is 3. The molecule has 4 nitrogen and oxygen atoms in total. The number of nitrogens with zero attached hydrogens (tertiary/aromatic N) is 2. The van der Waals surface area contributed by atoms with Crippen LogP contribution in [0.1, 0.15) is 26.6 Å². The molecule has 1 rings (SSSR count). The molecule has 0 radical (unpaired) electrons. The van der Waals surface area contributed by atoms with E-state index in [0.717, 1.165) is 12.2 Å². The molecule has 0 aliphatic heterocycles. The molecule has 0 fully saturated rings. The Labute approximate surface area is 90.3 Å². The Morgan fingerprint density at radius 3 is 2.93 bits per heavy atom. The average molecular weight is 210 g/mol. The summed E-state index contributed by atoms with van der Waals surface area (Å²) in [6, 6.07) is 0. The van der Waals surface area contributed by atoms with Gasteiger partial charge in [0.25, 0.3) is 0 Å². The molecule has 1 unspecified atom stereocenters. The maximum absolute atomic E-state index is 11.4. The number of ether oxygens (including phenoxy) is 1. The Morgan fingerprint density at radius 1 is 1.60 bits per heavy atom. The molecule has 4 heteroatoms. The maximum Gasteiger partial charge on any atom is 0.310 e. The second-order valence-corrected chi connectivity index (χ2v) is 3.50. The van der Waals surface area contributed by atoms with E-state index in [1.807, 2.05) is 31.5 Å². The summed E-state index contributed by atoms with van der Waals surface area (Å²) in [7, 11) is 0. The first kappa shape index (κ1) is 11.8. The first-order chi connectivity index (χ1) is 7.19. The number of hydrogen-bond donors (Lipinski definition) is 0. The van der Waals surface area contributed by atoms with Crippen LogP contribution in [-0.4, -0.2) is 22.1 Å². The standard InChI is InChI=1S/C11H18N2O2/c1-4-10-12-6-7-13(10)8-9(3)11(14)15-5-2/h6-7,9H,4-5,8H2,1-3H3. The maximum atomic E-state index is 11.4. The summed E-state index contributed by atoms with van der Waals surface area (Å²) in [6.45, 7) is 6.82. The molecule has 0 saturated carbocycles. The van der Waals surface area contributed by atoms with Gasteiger partial charge in [-0.15, -0.1) is 0 Å². The molecule has 1 aromatic heterocycles. The van der Waals surface area contributed by atoms with Crippen LogP contribution in [0.5, 0.6) is 0 Å². The second-order valence-electron chi connectivity index (χ2n) is 3.50. The molecule has 1 heterocycles. The van der Waals surface area contributed by atoms with Gasteiger partial charge in [-0.05, 0) is 6.92 Å².